The van der Waals surface area contributed by atoms with E-state index in [9.17, 15) is 27.9 Å². The average Bonchev–Trinajstić information content (AvgIpc) is 3.34. The molecule has 5 rings (SSSR count). The molecule has 0 saturated heterocycles. The standard InChI is InChI=1S/C24H16ClF3N4O3/c1-12-18(20(25)32(30-12)16-4-2-3-15(11-16)24(26,27)28)9-13-7-8-31-21(13)29-19-10-14(23(34)35)5-6-17(19)22(31)33/h2-6,9-11H,7-8H2,1H3,(H,34,35)/b13-9+. The van der Waals surface area contributed by atoms with Gasteiger partial charge in [-0.15, -0.1) is 0 Å². The van der Waals surface area contributed by atoms with Crippen molar-refractivity contribution in [1.29, 1.82) is 0 Å². The van der Waals surface area contributed by atoms with Gasteiger partial charge in [-0.05, 0) is 61.4 Å². The van der Waals surface area contributed by atoms with Crippen LogP contribution >= 0.6 is 11.6 Å². The molecule has 4 aromatic rings. The number of carbonyl (C=O) groups is 1. The second kappa shape index (κ2) is 8.09. The van der Waals surface area contributed by atoms with Crippen molar-refractivity contribution >= 4 is 40.1 Å². The minimum Gasteiger partial charge on any atom is -0.478 e. The minimum absolute atomic E-state index is 0.0131. The summed E-state index contributed by atoms with van der Waals surface area (Å²) in [4.78, 5) is 28.8. The third kappa shape index (κ3) is 3.89. The smallest absolute Gasteiger partial charge is 0.416 e. The Morgan fingerprint density at radius 1 is 1.20 bits per heavy atom. The zero-order valence-electron chi connectivity index (χ0n) is 18.1. The van der Waals surface area contributed by atoms with Crippen LogP contribution in [0.25, 0.3) is 28.2 Å². The predicted octanol–water partition coefficient (Wildman–Crippen LogP) is 5.21. The van der Waals surface area contributed by atoms with E-state index in [4.69, 9.17) is 11.6 Å². The fraction of sp³-hybridized carbons (Fsp3) is 0.167. The summed E-state index contributed by atoms with van der Waals surface area (Å²) in [5.41, 5.74) is 0.975. The van der Waals surface area contributed by atoms with E-state index in [0.717, 1.165) is 12.1 Å². The second-order valence-corrected chi connectivity index (χ2v) is 8.46. The summed E-state index contributed by atoms with van der Waals surface area (Å²) in [6.07, 6.45) is -2.33. The van der Waals surface area contributed by atoms with Gasteiger partial charge in [0.2, 0.25) is 0 Å². The molecule has 0 unspecified atom stereocenters. The number of benzene rings is 2. The molecule has 1 aliphatic rings. The molecular formula is C24H16ClF3N4O3. The molecule has 11 heteroatoms. The van der Waals surface area contributed by atoms with Crippen LogP contribution in [0, 0.1) is 6.92 Å². The molecule has 0 fully saturated rings. The average molecular weight is 501 g/mol. The number of nitrogens with zero attached hydrogens (tertiary/aromatic N) is 4. The van der Waals surface area contributed by atoms with Gasteiger partial charge in [-0.25, -0.2) is 14.5 Å². The van der Waals surface area contributed by atoms with E-state index < -0.39 is 17.7 Å². The van der Waals surface area contributed by atoms with Crippen LogP contribution in [-0.2, 0) is 12.7 Å². The fourth-order valence-electron chi connectivity index (χ4n) is 4.12. The molecule has 2 aromatic heterocycles. The van der Waals surface area contributed by atoms with Crippen LogP contribution < -0.4 is 5.56 Å². The molecule has 0 saturated carbocycles. The van der Waals surface area contributed by atoms with E-state index >= 15 is 0 Å². The molecule has 0 amide bonds. The van der Waals surface area contributed by atoms with Gasteiger partial charge in [0, 0.05) is 12.1 Å². The zero-order chi connectivity index (χ0) is 25.1. The Labute approximate surface area is 200 Å². The van der Waals surface area contributed by atoms with E-state index in [1.54, 1.807) is 13.0 Å². The first kappa shape index (κ1) is 22.9. The topological polar surface area (TPSA) is 90.0 Å². The second-order valence-electron chi connectivity index (χ2n) is 8.10. The maximum Gasteiger partial charge on any atom is 0.416 e. The molecule has 2 aromatic carbocycles. The Morgan fingerprint density at radius 3 is 2.69 bits per heavy atom. The van der Waals surface area contributed by atoms with E-state index in [-0.39, 0.29) is 27.5 Å². The normalized spacial score (nSPS) is 14.6. The number of hydrogen-bond acceptors (Lipinski definition) is 4. The highest BCUT2D eigenvalue weighted by Crippen LogP contribution is 2.34. The van der Waals surface area contributed by atoms with Crippen LogP contribution in [0.2, 0.25) is 5.15 Å². The number of hydrogen-bond donors (Lipinski definition) is 1. The monoisotopic (exact) mass is 500 g/mol. The van der Waals surface area contributed by atoms with Gasteiger partial charge in [-0.3, -0.25) is 9.36 Å². The van der Waals surface area contributed by atoms with Crippen molar-refractivity contribution in [3.05, 3.63) is 86.2 Å². The van der Waals surface area contributed by atoms with E-state index in [2.05, 4.69) is 10.1 Å². The molecule has 0 spiro atoms. The number of halogens is 4. The molecule has 35 heavy (non-hydrogen) atoms. The molecule has 7 nitrogen and oxygen atoms in total. The molecule has 1 N–H and O–H groups in total. The van der Waals surface area contributed by atoms with Gasteiger partial charge in [0.1, 0.15) is 11.0 Å². The Morgan fingerprint density at radius 2 is 1.97 bits per heavy atom. The van der Waals surface area contributed by atoms with Crippen LogP contribution in [-0.4, -0.2) is 30.4 Å². The first-order chi connectivity index (χ1) is 16.5. The summed E-state index contributed by atoms with van der Waals surface area (Å²) >= 11 is 6.54. The lowest BCUT2D eigenvalue weighted by molar-refractivity contribution is -0.137. The highest BCUT2D eigenvalue weighted by molar-refractivity contribution is 6.31. The molecule has 1 aliphatic heterocycles. The number of rotatable bonds is 3. The van der Waals surface area contributed by atoms with Crippen LogP contribution in [0.15, 0.2) is 47.3 Å². The lowest BCUT2D eigenvalue weighted by atomic mass is 10.1. The van der Waals surface area contributed by atoms with E-state index in [1.165, 1.54) is 39.6 Å². The van der Waals surface area contributed by atoms with Crippen molar-refractivity contribution in [2.75, 3.05) is 0 Å². The number of aryl methyl sites for hydroxylation is 1. The quantitative estimate of drug-likeness (QED) is 0.417. The Bertz CT molecular complexity index is 1620. The number of carboxylic acid groups (broad SMARTS) is 1. The SMILES string of the molecule is Cc1nn(-c2cccc(C(F)(F)F)c2)c(Cl)c1/C=C1\CCn2c1nc1cc(C(=O)O)ccc1c2=O. The van der Waals surface area contributed by atoms with Gasteiger partial charge in [0.05, 0.1) is 33.4 Å². The fourth-order valence-corrected chi connectivity index (χ4v) is 4.45. The Balaban J connectivity index is 1.61. The number of aromatic nitrogens is 4. The molecule has 178 valence electrons. The molecule has 3 heterocycles. The third-order valence-electron chi connectivity index (χ3n) is 5.88. The van der Waals surface area contributed by atoms with Crippen LogP contribution in [0.4, 0.5) is 13.2 Å². The van der Waals surface area contributed by atoms with E-state index in [1.807, 2.05) is 0 Å². The maximum atomic E-state index is 13.2. The van der Waals surface area contributed by atoms with Gasteiger partial charge in [0.15, 0.2) is 0 Å². The summed E-state index contributed by atoms with van der Waals surface area (Å²) in [5.74, 6) is -0.748. The van der Waals surface area contributed by atoms with Crippen molar-refractivity contribution in [3.63, 3.8) is 0 Å². The molecule has 0 aliphatic carbocycles. The van der Waals surface area contributed by atoms with Gasteiger partial charge in [-0.2, -0.15) is 18.3 Å². The minimum atomic E-state index is -4.51. The summed E-state index contributed by atoms with van der Waals surface area (Å²) in [6, 6.07) is 8.84. The van der Waals surface area contributed by atoms with Gasteiger partial charge in [0.25, 0.3) is 5.56 Å². The van der Waals surface area contributed by atoms with Crippen molar-refractivity contribution in [2.24, 2.45) is 0 Å². The van der Waals surface area contributed by atoms with Gasteiger partial charge in [-0.1, -0.05) is 17.7 Å². The highest BCUT2D eigenvalue weighted by Gasteiger charge is 2.31. The highest BCUT2D eigenvalue weighted by atomic mass is 35.5. The number of alkyl halides is 3. The largest absolute Gasteiger partial charge is 0.478 e. The number of aromatic carboxylic acids is 1. The molecule has 0 radical (unpaired) electrons. The summed E-state index contributed by atoms with van der Waals surface area (Å²) in [6.45, 7) is 2.05. The Kier molecular flexibility index (Phi) is 5.28. The van der Waals surface area contributed by atoms with Gasteiger partial charge < -0.3 is 5.11 Å². The zero-order valence-corrected chi connectivity index (χ0v) is 18.9. The Hall–Kier alpha value is -3.92. The van der Waals surface area contributed by atoms with Crippen molar-refractivity contribution < 1.29 is 23.1 Å². The maximum absolute atomic E-state index is 13.2. The predicted molar refractivity (Wildman–Crippen MR) is 124 cm³/mol. The van der Waals surface area contributed by atoms with Crippen LogP contribution in [0.1, 0.15) is 39.4 Å². The number of fused-ring (bicyclic) bond motifs is 2. The van der Waals surface area contributed by atoms with Crippen molar-refractivity contribution in [2.45, 2.75) is 26.1 Å². The van der Waals surface area contributed by atoms with Crippen molar-refractivity contribution in [1.82, 2.24) is 19.3 Å². The number of allylic oxidation sites excluding steroid dienone is 1. The summed E-state index contributed by atoms with van der Waals surface area (Å²) in [7, 11) is 0. The third-order valence-corrected chi connectivity index (χ3v) is 6.24. The molecule has 0 atom stereocenters. The lowest BCUT2D eigenvalue weighted by Gasteiger charge is -2.09. The number of carboxylic acids is 1. The summed E-state index contributed by atoms with van der Waals surface area (Å²) < 4.78 is 42.2. The van der Waals surface area contributed by atoms with E-state index in [0.29, 0.717) is 41.0 Å². The lowest BCUT2D eigenvalue weighted by Crippen LogP contribution is -2.21. The first-order valence-electron chi connectivity index (χ1n) is 10.5. The van der Waals surface area contributed by atoms with Crippen LogP contribution in [0.3, 0.4) is 0 Å². The molecular weight excluding hydrogens is 485 g/mol. The van der Waals surface area contributed by atoms with Crippen molar-refractivity contribution in [3.8, 4) is 5.69 Å². The van der Waals surface area contributed by atoms with Gasteiger partial charge >= 0.3 is 12.1 Å². The van der Waals surface area contributed by atoms with Crippen LogP contribution in [0.5, 0.6) is 0 Å². The molecule has 0 bridgehead atoms. The summed E-state index contributed by atoms with van der Waals surface area (Å²) in [5, 5.41) is 14.0. The first-order valence-corrected chi connectivity index (χ1v) is 10.8.